The van der Waals surface area contributed by atoms with Gasteiger partial charge in [-0.3, -0.25) is 20.4 Å². The molecule has 0 saturated heterocycles. The smallest absolute Gasteiger partial charge is 0.305 e. The van der Waals surface area contributed by atoms with Gasteiger partial charge in [0.05, 0.1) is 31.7 Å². The molecule has 0 fully saturated rings. The third kappa shape index (κ3) is 4.17. The predicted octanol–water partition coefficient (Wildman–Crippen LogP) is 3.22. The van der Waals surface area contributed by atoms with Crippen LogP contribution in [0, 0.1) is 0 Å². The maximum atomic E-state index is 13.0. The maximum Gasteiger partial charge on any atom is 0.305 e. The van der Waals surface area contributed by atoms with Crippen LogP contribution in [0.1, 0.15) is 20.9 Å². The number of para-hydroxylation sites is 1. The molecule has 4 rings (SSSR count). The number of hydrogen-bond acceptors (Lipinski definition) is 6. The molecule has 0 bridgehead atoms. The van der Waals surface area contributed by atoms with Crippen LogP contribution in [0.4, 0.5) is 0 Å². The van der Waals surface area contributed by atoms with Gasteiger partial charge in [-0.2, -0.15) is 5.10 Å². The summed E-state index contributed by atoms with van der Waals surface area (Å²) in [6.07, 6.45) is 2.96. The number of amides is 2. The average Bonchev–Trinajstić information content (AvgIpc) is 3.53. The summed E-state index contributed by atoms with van der Waals surface area (Å²) in [4.78, 5) is 25.1. The molecule has 0 spiro atoms. The van der Waals surface area contributed by atoms with Crippen LogP contribution < -0.4 is 20.3 Å². The summed E-state index contributed by atoms with van der Waals surface area (Å²) in [7, 11) is 3.07. The first-order chi connectivity index (χ1) is 15.6. The number of methoxy groups -OCH3 is 2. The minimum absolute atomic E-state index is 0.0744. The molecule has 2 aromatic heterocycles. The molecule has 0 aliphatic rings. The number of nitrogens with one attached hydrogen (secondary N) is 2. The number of hydrogen-bond donors (Lipinski definition) is 2. The van der Waals surface area contributed by atoms with Crippen molar-refractivity contribution in [1.29, 1.82) is 0 Å². The fourth-order valence-electron chi connectivity index (χ4n) is 3.10. The Hall–Kier alpha value is -4.53. The Kier molecular flexibility index (Phi) is 5.89. The normalized spacial score (nSPS) is 10.4. The lowest BCUT2D eigenvalue weighted by Crippen LogP contribution is -2.41. The minimum atomic E-state index is -0.577. The van der Waals surface area contributed by atoms with Crippen LogP contribution in [0.3, 0.4) is 0 Å². The lowest BCUT2D eigenvalue weighted by atomic mass is 10.1. The summed E-state index contributed by atoms with van der Waals surface area (Å²) >= 11 is 0. The number of carbonyl (C=O) groups excluding carboxylic acids is 2. The van der Waals surface area contributed by atoms with Crippen molar-refractivity contribution in [1.82, 2.24) is 20.6 Å². The lowest BCUT2D eigenvalue weighted by Gasteiger charge is -2.10. The third-order valence-corrected chi connectivity index (χ3v) is 4.67. The second-order valence-electron chi connectivity index (χ2n) is 6.63. The predicted molar refractivity (Wildman–Crippen MR) is 116 cm³/mol. The van der Waals surface area contributed by atoms with E-state index in [9.17, 15) is 9.59 Å². The SMILES string of the molecule is COc1ccc(-c2nn(-c3ccccc3)cc2C(=O)NNC(=O)c2ccco2)cc1OC. The van der Waals surface area contributed by atoms with Crippen molar-refractivity contribution in [3.05, 3.63) is 84.4 Å². The van der Waals surface area contributed by atoms with Gasteiger partial charge in [0.15, 0.2) is 17.3 Å². The highest BCUT2D eigenvalue weighted by molar-refractivity contribution is 6.02. The van der Waals surface area contributed by atoms with E-state index in [2.05, 4.69) is 16.0 Å². The Bertz CT molecular complexity index is 1230. The molecule has 0 aliphatic heterocycles. The van der Waals surface area contributed by atoms with Gasteiger partial charge in [0.25, 0.3) is 5.91 Å². The van der Waals surface area contributed by atoms with Gasteiger partial charge in [-0.15, -0.1) is 0 Å². The number of ether oxygens (including phenoxy) is 2. The van der Waals surface area contributed by atoms with E-state index in [0.717, 1.165) is 5.69 Å². The monoisotopic (exact) mass is 432 g/mol. The average molecular weight is 432 g/mol. The van der Waals surface area contributed by atoms with Gasteiger partial charge in [-0.05, 0) is 42.5 Å². The molecular formula is C23H20N4O5. The number of aromatic nitrogens is 2. The summed E-state index contributed by atoms with van der Waals surface area (Å²) in [5.74, 6) is 0.000862. The van der Waals surface area contributed by atoms with Crippen LogP contribution in [-0.4, -0.2) is 35.8 Å². The molecule has 0 radical (unpaired) electrons. The maximum absolute atomic E-state index is 13.0. The van der Waals surface area contributed by atoms with Gasteiger partial charge in [-0.1, -0.05) is 18.2 Å². The molecule has 32 heavy (non-hydrogen) atoms. The topological polar surface area (TPSA) is 108 Å². The van der Waals surface area contributed by atoms with Crippen molar-refractivity contribution in [2.45, 2.75) is 0 Å². The van der Waals surface area contributed by atoms with E-state index in [1.807, 2.05) is 30.3 Å². The number of hydrazine groups is 1. The first kappa shape index (κ1) is 20.7. The second-order valence-corrected chi connectivity index (χ2v) is 6.63. The molecule has 0 atom stereocenters. The van der Waals surface area contributed by atoms with E-state index in [0.29, 0.717) is 22.8 Å². The summed E-state index contributed by atoms with van der Waals surface area (Å²) in [5, 5.41) is 4.61. The quantitative estimate of drug-likeness (QED) is 0.453. The fourth-order valence-corrected chi connectivity index (χ4v) is 3.10. The highest BCUT2D eigenvalue weighted by atomic mass is 16.5. The molecule has 2 N–H and O–H groups in total. The standard InChI is InChI=1S/C23H20N4O5/c1-30-18-11-10-15(13-20(18)31-2)21-17(14-27(26-21)16-7-4-3-5-8-16)22(28)24-25-23(29)19-9-6-12-32-19/h3-14H,1-2H3,(H,24,28)(H,25,29). The second kappa shape index (κ2) is 9.09. The Morgan fingerprint density at radius 1 is 0.906 bits per heavy atom. The zero-order chi connectivity index (χ0) is 22.5. The van der Waals surface area contributed by atoms with Gasteiger partial charge in [0, 0.05) is 11.8 Å². The Balaban J connectivity index is 1.69. The van der Waals surface area contributed by atoms with E-state index in [-0.39, 0.29) is 11.3 Å². The van der Waals surface area contributed by atoms with Gasteiger partial charge in [-0.25, -0.2) is 4.68 Å². The van der Waals surface area contributed by atoms with Crippen molar-refractivity contribution >= 4 is 11.8 Å². The number of rotatable bonds is 6. The first-order valence-electron chi connectivity index (χ1n) is 9.62. The largest absolute Gasteiger partial charge is 0.493 e. The zero-order valence-corrected chi connectivity index (χ0v) is 17.4. The van der Waals surface area contributed by atoms with Gasteiger partial charge >= 0.3 is 5.91 Å². The molecule has 9 nitrogen and oxygen atoms in total. The number of benzene rings is 2. The van der Waals surface area contributed by atoms with E-state index in [1.54, 1.807) is 42.3 Å². The molecule has 9 heteroatoms. The molecule has 0 saturated carbocycles. The van der Waals surface area contributed by atoms with Crippen molar-refractivity contribution < 1.29 is 23.5 Å². The molecule has 162 valence electrons. The van der Waals surface area contributed by atoms with E-state index >= 15 is 0 Å². The number of carbonyl (C=O) groups is 2. The van der Waals surface area contributed by atoms with E-state index < -0.39 is 11.8 Å². The van der Waals surface area contributed by atoms with Crippen LogP contribution in [0.5, 0.6) is 11.5 Å². The summed E-state index contributed by atoms with van der Waals surface area (Å²) in [5.41, 5.74) is 6.81. The van der Waals surface area contributed by atoms with Crippen molar-refractivity contribution in [3.8, 4) is 28.4 Å². The van der Waals surface area contributed by atoms with Gasteiger partial charge in [0.1, 0.15) is 5.69 Å². The van der Waals surface area contributed by atoms with Crippen LogP contribution in [0.15, 0.2) is 77.5 Å². The Morgan fingerprint density at radius 3 is 2.34 bits per heavy atom. The highest BCUT2D eigenvalue weighted by Crippen LogP contribution is 2.33. The summed E-state index contributed by atoms with van der Waals surface area (Å²) in [6.45, 7) is 0. The molecule has 0 unspecified atom stereocenters. The summed E-state index contributed by atoms with van der Waals surface area (Å²) < 4.78 is 17.3. The minimum Gasteiger partial charge on any atom is -0.493 e. The fraction of sp³-hybridized carbons (Fsp3) is 0.0870. The van der Waals surface area contributed by atoms with E-state index in [4.69, 9.17) is 13.9 Å². The molecule has 0 aliphatic carbocycles. The summed E-state index contributed by atoms with van der Waals surface area (Å²) in [6, 6.07) is 17.7. The highest BCUT2D eigenvalue weighted by Gasteiger charge is 2.21. The molecule has 2 aromatic carbocycles. The molecule has 4 aromatic rings. The van der Waals surface area contributed by atoms with Crippen molar-refractivity contribution in [2.75, 3.05) is 14.2 Å². The van der Waals surface area contributed by atoms with Gasteiger partial charge in [0.2, 0.25) is 0 Å². The first-order valence-corrected chi connectivity index (χ1v) is 9.62. The lowest BCUT2D eigenvalue weighted by molar-refractivity contribution is 0.0831. The van der Waals surface area contributed by atoms with E-state index in [1.165, 1.54) is 19.4 Å². The van der Waals surface area contributed by atoms with Crippen LogP contribution in [0.2, 0.25) is 0 Å². The van der Waals surface area contributed by atoms with Crippen LogP contribution in [0.25, 0.3) is 16.9 Å². The Morgan fingerprint density at radius 2 is 1.66 bits per heavy atom. The van der Waals surface area contributed by atoms with Crippen LogP contribution >= 0.6 is 0 Å². The molecule has 2 amide bonds. The molecule has 2 heterocycles. The Labute approximate surface area is 183 Å². The number of nitrogens with zero attached hydrogens (tertiary/aromatic N) is 2. The van der Waals surface area contributed by atoms with Crippen molar-refractivity contribution in [2.24, 2.45) is 0 Å². The van der Waals surface area contributed by atoms with Crippen LogP contribution in [-0.2, 0) is 0 Å². The van der Waals surface area contributed by atoms with Crippen molar-refractivity contribution in [3.63, 3.8) is 0 Å². The number of furan rings is 1. The zero-order valence-electron chi connectivity index (χ0n) is 17.4. The van der Waals surface area contributed by atoms with Gasteiger partial charge < -0.3 is 13.9 Å². The molecular weight excluding hydrogens is 412 g/mol. The third-order valence-electron chi connectivity index (χ3n) is 4.67.